The second-order valence-electron chi connectivity index (χ2n) is 3.62. The Bertz CT molecular complexity index is 304. The number of hydrogen-bond acceptors (Lipinski definition) is 3. The Kier molecular flexibility index (Phi) is 2.84. The molecule has 0 aliphatic carbocycles. The molecule has 14 heavy (non-hydrogen) atoms. The zero-order valence-corrected chi connectivity index (χ0v) is 8.67. The van der Waals surface area contributed by atoms with Crippen LogP contribution in [0.15, 0.2) is 17.5 Å². The second-order valence-corrected chi connectivity index (χ2v) is 4.66. The monoisotopic (exact) mass is 211 g/mol. The second kappa shape index (κ2) is 4.11. The maximum Gasteiger partial charge on any atom is 0.309 e. The maximum absolute atomic E-state index is 10.5. The first-order valence-electron chi connectivity index (χ1n) is 4.73. The minimum Gasteiger partial charge on any atom is -0.481 e. The highest BCUT2D eigenvalue weighted by atomic mass is 32.1. The predicted molar refractivity (Wildman–Crippen MR) is 55.6 cm³/mol. The van der Waals surface area contributed by atoms with Gasteiger partial charge in [0.2, 0.25) is 0 Å². The summed E-state index contributed by atoms with van der Waals surface area (Å²) in [6.07, 6.45) is 1.05. The number of rotatable bonds is 4. The zero-order valence-electron chi connectivity index (χ0n) is 7.85. The van der Waals surface area contributed by atoms with Gasteiger partial charge in [0.05, 0.1) is 5.92 Å². The number of carboxylic acid groups (broad SMARTS) is 1. The topological polar surface area (TPSA) is 40.5 Å². The van der Waals surface area contributed by atoms with Gasteiger partial charge in [0.15, 0.2) is 0 Å². The molecule has 1 N–H and O–H groups in total. The molecule has 4 heteroatoms. The van der Waals surface area contributed by atoms with E-state index in [1.54, 1.807) is 11.3 Å². The minimum atomic E-state index is -0.655. The van der Waals surface area contributed by atoms with Crippen LogP contribution in [0.4, 0.5) is 0 Å². The van der Waals surface area contributed by atoms with E-state index in [0.29, 0.717) is 0 Å². The van der Waals surface area contributed by atoms with E-state index >= 15 is 0 Å². The van der Waals surface area contributed by atoms with Crippen LogP contribution in [0.3, 0.4) is 0 Å². The molecule has 76 valence electrons. The molecule has 0 spiro atoms. The Morgan fingerprint density at radius 1 is 1.64 bits per heavy atom. The number of aliphatic carboxylic acids is 1. The van der Waals surface area contributed by atoms with E-state index in [2.05, 4.69) is 22.4 Å². The van der Waals surface area contributed by atoms with E-state index in [1.165, 1.54) is 4.88 Å². The van der Waals surface area contributed by atoms with Gasteiger partial charge in [-0.2, -0.15) is 0 Å². The summed E-state index contributed by atoms with van der Waals surface area (Å²) in [5.41, 5.74) is 0. The van der Waals surface area contributed by atoms with Crippen LogP contribution in [0.25, 0.3) is 0 Å². The molecule has 1 fully saturated rings. The van der Waals surface area contributed by atoms with Crippen molar-refractivity contribution in [1.29, 1.82) is 0 Å². The van der Waals surface area contributed by atoms with E-state index in [-0.39, 0.29) is 5.92 Å². The summed E-state index contributed by atoms with van der Waals surface area (Å²) >= 11 is 1.76. The third-order valence-electron chi connectivity index (χ3n) is 2.56. The van der Waals surface area contributed by atoms with Gasteiger partial charge in [-0.05, 0) is 17.9 Å². The normalized spacial score (nSPS) is 18.0. The molecule has 1 aromatic rings. The molecule has 1 aliphatic rings. The van der Waals surface area contributed by atoms with Gasteiger partial charge in [-0.25, -0.2) is 0 Å². The smallest absolute Gasteiger partial charge is 0.309 e. The van der Waals surface area contributed by atoms with Crippen molar-refractivity contribution in [2.24, 2.45) is 5.92 Å². The Hall–Kier alpha value is -0.870. The molecular formula is C10H13NO2S. The van der Waals surface area contributed by atoms with Crippen molar-refractivity contribution in [1.82, 2.24) is 4.90 Å². The summed E-state index contributed by atoms with van der Waals surface area (Å²) in [5, 5.41) is 10.8. The van der Waals surface area contributed by atoms with Gasteiger partial charge >= 0.3 is 5.97 Å². The van der Waals surface area contributed by atoms with Gasteiger partial charge < -0.3 is 10.0 Å². The van der Waals surface area contributed by atoms with Crippen LogP contribution in [0, 0.1) is 5.92 Å². The fourth-order valence-corrected chi connectivity index (χ4v) is 2.33. The number of carbonyl (C=O) groups is 1. The van der Waals surface area contributed by atoms with Gasteiger partial charge in [0.1, 0.15) is 0 Å². The van der Waals surface area contributed by atoms with Crippen molar-refractivity contribution in [3.05, 3.63) is 22.4 Å². The largest absolute Gasteiger partial charge is 0.481 e. The van der Waals surface area contributed by atoms with Gasteiger partial charge in [-0.1, -0.05) is 6.07 Å². The third kappa shape index (κ3) is 2.13. The molecule has 2 heterocycles. The van der Waals surface area contributed by atoms with E-state index in [1.807, 2.05) is 0 Å². The fraction of sp³-hybridized carbons (Fsp3) is 0.500. The number of nitrogens with zero attached hydrogens (tertiary/aromatic N) is 1. The van der Waals surface area contributed by atoms with Crippen LogP contribution in [-0.2, 0) is 11.2 Å². The summed E-state index contributed by atoms with van der Waals surface area (Å²) in [5.74, 6) is -0.782. The highest BCUT2D eigenvalue weighted by Crippen LogP contribution is 2.17. The molecule has 0 saturated carbocycles. The lowest BCUT2D eigenvalue weighted by molar-refractivity contribution is -0.147. The Morgan fingerprint density at radius 2 is 2.43 bits per heavy atom. The maximum atomic E-state index is 10.5. The molecule has 0 bridgehead atoms. The molecule has 0 amide bonds. The van der Waals surface area contributed by atoms with Crippen molar-refractivity contribution < 1.29 is 9.90 Å². The summed E-state index contributed by atoms with van der Waals surface area (Å²) in [7, 11) is 0. The Balaban J connectivity index is 1.68. The molecule has 1 aromatic heterocycles. The highest BCUT2D eigenvalue weighted by Gasteiger charge is 2.31. The summed E-state index contributed by atoms with van der Waals surface area (Å²) in [6.45, 7) is 2.44. The number of hydrogen-bond donors (Lipinski definition) is 1. The predicted octanol–water partition coefficient (Wildman–Crippen LogP) is 1.31. The number of likely N-dealkylation sites (tertiary alicyclic amines) is 1. The lowest BCUT2D eigenvalue weighted by atomic mass is 10.0. The van der Waals surface area contributed by atoms with E-state index in [9.17, 15) is 4.79 Å². The van der Waals surface area contributed by atoms with Crippen molar-refractivity contribution >= 4 is 17.3 Å². The van der Waals surface area contributed by atoms with Gasteiger partial charge in [0.25, 0.3) is 0 Å². The zero-order chi connectivity index (χ0) is 9.97. The van der Waals surface area contributed by atoms with Crippen LogP contribution in [0.5, 0.6) is 0 Å². The van der Waals surface area contributed by atoms with E-state index in [0.717, 1.165) is 26.1 Å². The van der Waals surface area contributed by atoms with E-state index in [4.69, 9.17) is 5.11 Å². The number of thiophene rings is 1. The molecule has 2 rings (SSSR count). The third-order valence-corrected chi connectivity index (χ3v) is 3.50. The molecule has 0 radical (unpaired) electrons. The average molecular weight is 211 g/mol. The van der Waals surface area contributed by atoms with E-state index < -0.39 is 5.97 Å². The van der Waals surface area contributed by atoms with Gasteiger partial charge in [-0.3, -0.25) is 4.79 Å². The first-order valence-corrected chi connectivity index (χ1v) is 5.61. The van der Waals surface area contributed by atoms with Gasteiger partial charge in [0, 0.05) is 24.5 Å². The molecular weight excluding hydrogens is 198 g/mol. The number of carboxylic acids is 1. The average Bonchev–Trinajstić information content (AvgIpc) is 2.52. The van der Waals surface area contributed by atoms with Crippen molar-refractivity contribution in [2.75, 3.05) is 19.6 Å². The molecule has 1 saturated heterocycles. The standard InChI is InChI=1S/C10H13NO2S/c12-10(13)8-6-11(7-8)4-3-9-2-1-5-14-9/h1-2,5,8H,3-4,6-7H2,(H,12,13). The minimum absolute atomic E-state index is 0.127. The van der Waals surface area contributed by atoms with Crippen molar-refractivity contribution in [2.45, 2.75) is 6.42 Å². The van der Waals surface area contributed by atoms with Crippen molar-refractivity contribution in [3.8, 4) is 0 Å². The molecule has 0 aromatic carbocycles. The molecule has 0 unspecified atom stereocenters. The SMILES string of the molecule is O=C(O)C1CN(CCc2cccs2)C1. The fourth-order valence-electron chi connectivity index (χ4n) is 1.63. The lowest BCUT2D eigenvalue weighted by Crippen LogP contribution is -2.50. The Labute approximate surface area is 87.0 Å². The first-order chi connectivity index (χ1) is 6.75. The van der Waals surface area contributed by atoms with Crippen LogP contribution >= 0.6 is 11.3 Å². The van der Waals surface area contributed by atoms with Gasteiger partial charge in [-0.15, -0.1) is 11.3 Å². The molecule has 0 atom stereocenters. The molecule has 1 aliphatic heterocycles. The quantitative estimate of drug-likeness (QED) is 0.816. The van der Waals surface area contributed by atoms with Crippen LogP contribution in [-0.4, -0.2) is 35.6 Å². The van der Waals surface area contributed by atoms with Crippen LogP contribution < -0.4 is 0 Å². The molecule has 3 nitrogen and oxygen atoms in total. The van der Waals surface area contributed by atoms with Crippen LogP contribution in [0.2, 0.25) is 0 Å². The Morgan fingerprint density at radius 3 is 3.00 bits per heavy atom. The highest BCUT2D eigenvalue weighted by molar-refractivity contribution is 7.09. The van der Waals surface area contributed by atoms with Crippen LogP contribution in [0.1, 0.15) is 4.88 Å². The first kappa shape index (κ1) is 9.68. The summed E-state index contributed by atoms with van der Waals surface area (Å²) in [4.78, 5) is 14.1. The van der Waals surface area contributed by atoms with Crippen molar-refractivity contribution in [3.63, 3.8) is 0 Å². The summed E-state index contributed by atoms with van der Waals surface area (Å²) in [6, 6.07) is 4.18. The lowest BCUT2D eigenvalue weighted by Gasteiger charge is -2.36. The summed E-state index contributed by atoms with van der Waals surface area (Å²) < 4.78 is 0.